The molecule has 0 atom stereocenters. The average Bonchev–Trinajstić information content (AvgIpc) is 4.00. The summed E-state index contributed by atoms with van der Waals surface area (Å²) in [7, 11) is 0. The van der Waals surface area contributed by atoms with E-state index in [1.54, 1.807) is 0 Å². The summed E-state index contributed by atoms with van der Waals surface area (Å²) in [5.41, 5.74) is 10.2. The van der Waals surface area contributed by atoms with E-state index in [0.29, 0.717) is 0 Å². The molecule has 0 aliphatic carbocycles. The first-order valence-electron chi connectivity index (χ1n) is 20.1. The monoisotopic (exact) mass is 800 g/mol. The second kappa shape index (κ2) is 12.9. The Bertz CT molecular complexity index is 3600. The van der Waals surface area contributed by atoms with Crippen molar-refractivity contribution in [1.29, 1.82) is 0 Å². The van der Waals surface area contributed by atoms with Crippen LogP contribution in [0, 0.1) is 0 Å². The van der Waals surface area contributed by atoms with Gasteiger partial charge in [-0.25, -0.2) is 0 Å². The fourth-order valence-corrected chi connectivity index (χ4v) is 13.2. The van der Waals surface area contributed by atoms with Gasteiger partial charge in [0.15, 0.2) is 0 Å². The van der Waals surface area contributed by atoms with E-state index in [1.807, 2.05) is 34.0 Å². The largest absolute Gasteiger partial charge is 0.135 e. The molecule has 0 nitrogen and oxygen atoms in total. The Morgan fingerprint density at radius 2 is 0.508 bits per heavy atom. The van der Waals surface area contributed by atoms with Crippen molar-refractivity contribution in [2.45, 2.75) is 0 Å². The topological polar surface area (TPSA) is 0 Å². The molecule has 274 valence electrons. The van der Waals surface area contributed by atoms with Crippen LogP contribution in [0.1, 0.15) is 0 Å². The molecular weight excluding hydrogens is 769 g/mol. The molecule has 0 aliphatic rings. The Labute approximate surface area is 352 Å². The minimum absolute atomic E-state index is 1.25. The highest BCUT2D eigenvalue weighted by atomic mass is 32.1. The maximum atomic E-state index is 2.37. The van der Waals surface area contributed by atoms with E-state index < -0.39 is 0 Å². The molecule has 0 radical (unpaired) electrons. The molecule has 0 aliphatic heterocycles. The zero-order valence-corrected chi connectivity index (χ0v) is 34.1. The van der Waals surface area contributed by atoms with E-state index in [-0.39, 0.29) is 0 Å². The molecule has 0 saturated carbocycles. The van der Waals surface area contributed by atoms with Gasteiger partial charge in [-0.3, -0.25) is 0 Å². The third-order valence-corrected chi connectivity index (χ3v) is 16.0. The third-order valence-electron chi connectivity index (χ3n) is 12.3. The smallest absolute Gasteiger partial charge is 0.0434 e. The molecule has 3 heterocycles. The van der Waals surface area contributed by atoms with Crippen LogP contribution in [-0.2, 0) is 0 Å². The van der Waals surface area contributed by atoms with Gasteiger partial charge in [-0.15, -0.1) is 34.0 Å². The van der Waals surface area contributed by atoms with Gasteiger partial charge in [-0.1, -0.05) is 158 Å². The highest BCUT2D eigenvalue weighted by Gasteiger charge is 2.16. The normalized spacial score (nSPS) is 12.1. The lowest BCUT2D eigenvalue weighted by atomic mass is 9.95. The van der Waals surface area contributed by atoms with Gasteiger partial charge < -0.3 is 0 Å². The summed E-state index contributed by atoms with van der Waals surface area (Å²) in [5, 5.41) is 13.0. The molecule has 0 saturated heterocycles. The lowest BCUT2D eigenvalue weighted by molar-refractivity contribution is 1.68. The fourth-order valence-electron chi connectivity index (χ4n) is 9.39. The van der Waals surface area contributed by atoms with E-state index in [2.05, 4.69) is 194 Å². The molecule has 0 bridgehead atoms. The van der Waals surface area contributed by atoms with Crippen LogP contribution in [-0.4, -0.2) is 0 Å². The van der Waals surface area contributed by atoms with Crippen LogP contribution < -0.4 is 0 Å². The molecule has 10 aromatic carbocycles. The summed E-state index contributed by atoms with van der Waals surface area (Å²) >= 11 is 5.71. The number of fused-ring (bicyclic) bond motifs is 11. The maximum absolute atomic E-state index is 2.37. The summed E-state index contributed by atoms with van der Waals surface area (Å²) in [5.74, 6) is 0. The summed E-state index contributed by atoms with van der Waals surface area (Å²) < 4.78 is 8.07. The zero-order valence-electron chi connectivity index (χ0n) is 31.7. The van der Waals surface area contributed by atoms with Crippen LogP contribution in [0.5, 0.6) is 0 Å². The highest BCUT2D eigenvalue weighted by molar-refractivity contribution is 7.27. The standard InChI is InChI=1S/C56H32S3/c1-3-19-51-45(9-1)47-15-5-11-41(53(47)57-51)37-25-21-35-31-39(27-23-33(35)29-37)43-13-7-17-49-50-18-8-14-44(56(50)59-55(43)49)40-28-24-34-30-38(26-22-36(34)32-40)42-12-6-16-48-46-10-2-4-20-52(46)58-54(42)48/h1-32H. The van der Waals surface area contributed by atoms with Crippen molar-refractivity contribution in [3.63, 3.8) is 0 Å². The molecule has 13 rings (SSSR count). The van der Waals surface area contributed by atoms with Gasteiger partial charge in [0, 0.05) is 60.5 Å². The Hall–Kier alpha value is -6.62. The van der Waals surface area contributed by atoms with Crippen LogP contribution in [0.4, 0.5) is 0 Å². The fraction of sp³-hybridized carbons (Fsp3) is 0. The van der Waals surface area contributed by atoms with Crippen LogP contribution in [0.15, 0.2) is 194 Å². The molecule has 0 spiro atoms. The van der Waals surface area contributed by atoms with Crippen molar-refractivity contribution in [2.75, 3.05) is 0 Å². The molecule has 0 unspecified atom stereocenters. The van der Waals surface area contributed by atoms with Gasteiger partial charge >= 0.3 is 0 Å². The van der Waals surface area contributed by atoms with Crippen molar-refractivity contribution in [3.05, 3.63) is 194 Å². The molecule has 3 heteroatoms. The maximum Gasteiger partial charge on any atom is 0.0434 e. The number of thiophene rings is 3. The first-order valence-corrected chi connectivity index (χ1v) is 22.5. The Balaban J connectivity index is 0.870. The minimum Gasteiger partial charge on any atom is -0.135 e. The molecule has 0 amide bonds. The van der Waals surface area contributed by atoms with Gasteiger partial charge in [-0.05, 0) is 102 Å². The summed E-state index contributed by atoms with van der Waals surface area (Å²) in [6, 6.07) is 72.5. The van der Waals surface area contributed by atoms with E-state index in [4.69, 9.17) is 0 Å². The Kier molecular flexibility index (Phi) is 7.32. The van der Waals surface area contributed by atoms with Crippen molar-refractivity contribution < 1.29 is 0 Å². The van der Waals surface area contributed by atoms with E-state index >= 15 is 0 Å². The molecular formula is C56H32S3. The second-order valence-electron chi connectivity index (χ2n) is 15.6. The van der Waals surface area contributed by atoms with Gasteiger partial charge in [0.2, 0.25) is 0 Å². The van der Waals surface area contributed by atoms with Gasteiger partial charge in [0.25, 0.3) is 0 Å². The molecule has 13 aromatic rings. The average molecular weight is 801 g/mol. The Morgan fingerprint density at radius 3 is 0.864 bits per heavy atom. The first-order chi connectivity index (χ1) is 29.2. The number of hydrogen-bond acceptors (Lipinski definition) is 3. The highest BCUT2D eigenvalue weighted by Crippen LogP contribution is 2.46. The number of hydrogen-bond donors (Lipinski definition) is 0. The van der Waals surface area contributed by atoms with Crippen molar-refractivity contribution >= 4 is 116 Å². The molecule has 0 fully saturated rings. The van der Waals surface area contributed by atoms with Crippen LogP contribution in [0.25, 0.3) is 127 Å². The van der Waals surface area contributed by atoms with Crippen LogP contribution >= 0.6 is 34.0 Å². The third kappa shape index (κ3) is 5.19. The molecule has 59 heavy (non-hydrogen) atoms. The van der Waals surface area contributed by atoms with Crippen molar-refractivity contribution in [1.82, 2.24) is 0 Å². The lowest BCUT2D eigenvalue weighted by Crippen LogP contribution is -1.83. The number of rotatable bonds is 4. The van der Waals surface area contributed by atoms with E-state index in [0.717, 1.165) is 0 Å². The predicted molar refractivity (Wildman–Crippen MR) is 262 cm³/mol. The Morgan fingerprint density at radius 1 is 0.220 bits per heavy atom. The predicted octanol–water partition coefficient (Wildman–Crippen LogP) is 17.8. The second-order valence-corrected chi connectivity index (χ2v) is 18.7. The zero-order chi connectivity index (χ0) is 38.6. The van der Waals surface area contributed by atoms with Crippen LogP contribution in [0.2, 0.25) is 0 Å². The SMILES string of the molecule is c1ccc2c(c1)sc1c(-c3ccc4cc(-c5cccc6c5sc5c(-c7ccc8cc(-c9cccc%10c9sc9ccccc9%10)ccc8c7)cccc56)ccc4c3)cccc12. The minimum atomic E-state index is 1.25. The summed E-state index contributed by atoms with van der Waals surface area (Å²) in [4.78, 5) is 0. The lowest BCUT2D eigenvalue weighted by Gasteiger charge is -2.09. The summed E-state index contributed by atoms with van der Waals surface area (Å²) in [6.07, 6.45) is 0. The van der Waals surface area contributed by atoms with Crippen LogP contribution in [0.3, 0.4) is 0 Å². The molecule has 0 N–H and O–H groups in total. The van der Waals surface area contributed by atoms with E-state index in [1.165, 1.54) is 127 Å². The summed E-state index contributed by atoms with van der Waals surface area (Å²) in [6.45, 7) is 0. The van der Waals surface area contributed by atoms with Gasteiger partial charge in [-0.2, -0.15) is 0 Å². The molecule has 3 aromatic heterocycles. The first kappa shape index (κ1) is 33.4. The van der Waals surface area contributed by atoms with Crippen molar-refractivity contribution in [2.24, 2.45) is 0 Å². The van der Waals surface area contributed by atoms with E-state index in [9.17, 15) is 0 Å². The quantitative estimate of drug-likeness (QED) is 0.166. The van der Waals surface area contributed by atoms with Gasteiger partial charge in [0.1, 0.15) is 0 Å². The number of benzene rings is 10. The van der Waals surface area contributed by atoms with Gasteiger partial charge in [0.05, 0.1) is 0 Å². The van der Waals surface area contributed by atoms with Crippen molar-refractivity contribution in [3.8, 4) is 44.5 Å².